The number of benzene rings is 1. The topological polar surface area (TPSA) is 29.1 Å². The molecule has 2 aliphatic rings. The van der Waals surface area contributed by atoms with Crippen LogP contribution in [0, 0.1) is 5.41 Å². The zero-order valence-electron chi connectivity index (χ0n) is 10.9. The molecule has 2 nitrogen and oxygen atoms in total. The number of carbonyl (C=O) groups excluding carboxylic acids is 1. The molecule has 1 aromatic rings. The standard InChI is InChI=1S/C16H18BrNO/c17-14-3-1-12(2-4-14)10-16-7-5-15(19)9-13(16)6-8-18-11-16/h1-4,9,18H,5-8,10-11H2. The van der Waals surface area contributed by atoms with Gasteiger partial charge in [-0.3, -0.25) is 4.79 Å². The zero-order valence-corrected chi connectivity index (χ0v) is 12.5. The molecule has 1 unspecified atom stereocenters. The molecule has 1 atom stereocenters. The van der Waals surface area contributed by atoms with Gasteiger partial charge in [-0.25, -0.2) is 0 Å². The first-order valence-electron chi connectivity index (χ1n) is 6.87. The van der Waals surface area contributed by atoms with E-state index >= 15 is 0 Å². The van der Waals surface area contributed by atoms with Gasteiger partial charge in [0.2, 0.25) is 0 Å². The maximum Gasteiger partial charge on any atom is 0.155 e. The van der Waals surface area contributed by atoms with Crippen molar-refractivity contribution in [3.63, 3.8) is 0 Å². The van der Waals surface area contributed by atoms with E-state index in [4.69, 9.17) is 0 Å². The number of rotatable bonds is 2. The Balaban J connectivity index is 1.89. The molecule has 0 bridgehead atoms. The van der Waals surface area contributed by atoms with Crippen molar-refractivity contribution in [3.8, 4) is 0 Å². The van der Waals surface area contributed by atoms with Crippen molar-refractivity contribution in [2.24, 2.45) is 5.41 Å². The van der Waals surface area contributed by atoms with Gasteiger partial charge in [-0.05, 0) is 49.6 Å². The van der Waals surface area contributed by atoms with Crippen molar-refractivity contribution in [1.82, 2.24) is 5.32 Å². The third-order valence-electron chi connectivity index (χ3n) is 4.36. The molecule has 0 aromatic heterocycles. The minimum absolute atomic E-state index is 0.167. The number of hydrogen-bond donors (Lipinski definition) is 1. The van der Waals surface area contributed by atoms with Crippen molar-refractivity contribution in [2.45, 2.75) is 25.7 Å². The van der Waals surface area contributed by atoms with Gasteiger partial charge in [0, 0.05) is 22.9 Å². The molecule has 100 valence electrons. The van der Waals surface area contributed by atoms with E-state index in [-0.39, 0.29) is 5.41 Å². The first-order valence-corrected chi connectivity index (χ1v) is 7.66. The molecule has 3 rings (SSSR count). The number of halogens is 1. The molecule has 0 spiro atoms. The Morgan fingerprint density at radius 3 is 2.79 bits per heavy atom. The Morgan fingerprint density at radius 2 is 2.00 bits per heavy atom. The summed E-state index contributed by atoms with van der Waals surface area (Å²) in [5, 5.41) is 3.51. The fourth-order valence-electron chi connectivity index (χ4n) is 3.29. The predicted molar refractivity (Wildman–Crippen MR) is 80.1 cm³/mol. The van der Waals surface area contributed by atoms with Gasteiger partial charge < -0.3 is 5.32 Å². The second kappa shape index (κ2) is 5.22. The second-order valence-corrected chi connectivity index (χ2v) is 6.56. The van der Waals surface area contributed by atoms with E-state index in [1.54, 1.807) is 0 Å². The summed E-state index contributed by atoms with van der Waals surface area (Å²) in [7, 11) is 0. The zero-order chi connectivity index (χ0) is 13.3. The van der Waals surface area contributed by atoms with Gasteiger partial charge in [0.25, 0.3) is 0 Å². The Labute approximate surface area is 122 Å². The average Bonchev–Trinajstić information content (AvgIpc) is 2.42. The molecule has 1 saturated heterocycles. The van der Waals surface area contributed by atoms with Crippen molar-refractivity contribution in [1.29, 1.82) is 0 Å². The van der Waals surface area contributed by atoms with Crippen LogP contribution >= 0.6 is 15.9 Å². The van der Waals surface area contributed by atoms with Crippen LogP contribution in [0.4, 0.5) is 0 Å². The van der Waals surface area contributed by atoms with Gasteiger partial charge in [0.05, 0.1) is 0 Å². The highest BCUT2D eigenvalue weighted by atomic mass is 79.9. The Bertz CT molecular complexity index is 520. The van der Waals surface area contributed by atoms with Crippen LogP contribution in [0.3, 0.4) is 0 Å². The van der Waals surface area contributed by atoms with Crippen LogP contribution < -0.4 is 5.32 Å². The number of ketones is 1. The SMILES string of the molecule is O=C1C=C2CCNCC2(Cc2ccc(Br)cc2)CC1. The number of piperidine rings is 1. The van der Waals surface area contributed by atoms with Crippen molar-refractivity contribution >= 4 is 21.7 Å². The minimum Gasteiger partial charge on any atom is -0.316 e. The molecule has 1 fully saturated rings. The van der Waals surface area contributed by atoms with Gasteiger partial charge >= 0.3 is 0 Å². The summed E-state index contributed by atoms with van der Waals surface area (Å²) in [6.45, 7) is 2.00. The van der Waals surface area contributed by atoms with Gasteiger partial charge in [-0.15, -0.1) is 0 Å². The molecule has 19 heavy (non-hydrogen) atoms. The van der Waals surface area contributed by atoms with Crippen molar-refractivity contribution in [2.75, 3.05) is 13.1 Å². The number of nitrogens with one attached hydrogen (secondary N) is 1. The van der Waals surface area contributed by atoms with Crippen molar-refractivity contribution < 1.29 is 4.79 Å². The lowest BCUT2D eigenvalue weighted by atomic mass is 9.66. The highest BCUT2D eigenvalue weighted by Crippen LogP contribution is 2.42. The van der Waals surface area contributed by atoms with E-state index in [1.807, 2.05) is 6.08 Å². The quantitative estimate of drug-likeness (QED) is 0.906. The average molecular weight is 320 g/mol. The first kappa shape index (κ1) is 13.1. The maximum atomic E-state index is 11.7. The summed E-state index contributed by atoms with van der Waals surface area (Å²) in [4.78, 5) is 11.7. The number of carbonyl (C=O) groups is 1. The van der Waals surface area contributed by atoms with Crippen molar-refractivity contribution in [3.05, 3.63) is 46.0 Å². The van der Waals surface area contributed by atoms with Gasteiger partial charge in [-0.1, -0.05) is 33.6 Å². The predicted octanol–water partition coefficient (Wildman–Crippen LogP) is 3.26. The molecule has 0 amide bonds. The lowest BCUT2D eigenvalue weighted by molar-refractivity contribution is -0.115. The molecule has 1 aliphatic carbocycles. The Morgan fingerprint density at radius 1 is 1.21 bits per heavy atom. The second-order valence-electron chi connectivity index (χ2n) is 5.65. The van der Waals surface area contributed by atoms with Crippen LogP contribution in [0.2, 0.25) is 0 Å². The Kier molecular flexibility index (Phi) is 3.59. The van der Waals surface area contributed by atoms with Gasteiger partial charge in [0.15, 0.2) is 5.78 Å². The molecular formula is C16H18BrNO. The molecule has 1 heterocycles. The lowest BCUT2D eigenvalue weighted by Gasteiger charge is -2.42. The van der Waals surface area contributed by atoms with Gasteiger partial charge in [-0.2, -0.15) is 0 Å². The third-order valence-corrected chi connectivity index (χ3v) is 4.89. The van der Waals surface area contributed by atoms with E-state index in [2.05, 4.69) is 45.5 Å². The molecule has 0 radical (unpaired) electrons. The number of allylic oxidation sites excluding steroid dienone is 1. The normalized spacial score (nSPS) is 26.8. The molecule has 0 saturated carbocycles. The molecule has 1 aromatic carbocycles. The summed E-state index contributed by atoms with van der Waals surface area (Å²) in [6.07, 6.45) is 5.65. The molecular weight excluding hydrogens is 302 g/mol. The summed E-state index contributed by atoms with van der Waals surface area (Å²) in [6, 6.07) is 8.56. The van der Waals surface area contributed by atoms with Crippen LogP contribution in [-0.4, -0.2) is 18.9 Å². The third kappa shape index (κ3) is 2.67. The Hall–Kier alpha value is -0.930. The van der Waals surface area contributed by atoms with Crippen LogP contribution in [0.1, 0.15) is 24.8 Å². The summed E-state index contributed by atoms with van der Waals surface area (Å²) in [5.41, 5.74) is 2.89. The highest BCUT2D eigenvalue weighted by Gasteiger charge is 2.39. The fourth-order valence-corrected chi connectivity index (χ4v) is 3.55. The summed E-state index contributed by atoms with van der Waals surface area (Å²) in [5.74, 6) is 0.309. The number of fused-ring (bicyclic) bond motifs is 1. The van der Waals surface area contributed by atoms with E-state index in [1.165, 1.54) is 11.1 Å². The summed E-state index contributed by atoms with van der Waals surface area (Å²) >= 11 is 3.48. The van der Waals surface area contributed by atoms with Crippen LogP contribution in [0.25, 0.3) is 0 Å². The maximum absolute atomic E-state index is 11.7. The monoisotopic (exact) mass is 319 g/mol. The van der Waals surface area contributed by atoms with E-state index in [0.717, 1.165) is 36.8 Å². The molecule has 1 aliphatic heterocycles. The van der Waals surface area contributed by atoms with Crippen LogP contribution in [0.5, 0.6) is 0 Å². The van der Waals surface area contributed by atoms with E-state index < -0.39 is 0 Å². The first-order chi connectivity index (χ1) is 9.18. The lowest BCUT2D eigenvalue weighted by Crippen LogP contribution is -2.45. The fraction of sp³-hybridized carbons (Fsp3) is 0.438. The highest BCUT2D eigenvalue weighted by molar-refractivity contribution is 9.10. The molecule has 3 heteroatoms. The number of hydrogen-bond acceptors (Lipinski definition) is 2. The largest absolute Gasteiger partial charge is 0.316 e. The minimum atomic E-state index is 0.167. The van der Waals surface area contributed by atoms with Crippen LogP contribution in [0.15, 0.2) is 40.4 Å². The van der Waals surface area contributed by atoms with Gasteiger partial charge in [0.1, 0.15) is 0 Å². The smallest absolute Gasteiger partial charge is 0.155 e. The summed E-state index contributed by atoms with van der Waals surface area (Å²) < 4.78 is 1.12. The molecule has 1 N–H and O–H groups in total. The van der Waals surface area contributed by atoms with E-state index in [9.17, 15) is 4.79 Å². The van der Waals surface area contributed by atoms with Crippen LogP contribution in [-0.2, 0) is 11.2 Å². The van der Waals surface area contributed by atoms with E-state index in [0.29, 0.717) is 12.2 Å².